The number of aromatic carboxylic acids is 1. The minimum Gasteiger partial charge on any atom is -0.481 e. The van der Waals surface area contributed by atoms with Gasteiger partial charge < -0.3 is 15.2 Å². The van der Waals surface area contributed by atoms with Crippen LogP contribution in [0.3, 0.4) is 0 Å². The Morgan fingerprint density at radius 3 is 2.62 bits per heavy atom. The number of aryl methyl sites for hydroxylation is 1. The second-order valence-corrected chi connectivity index (χ2v) is 5.11. The molecule has 2 aromatic rings. The van der Waals surface area contributed by atoms with Crippen LogP contribution in [0, 0.1) is 6.92 Å². The maximum atomic E-state index is 12.1. The number of ether oxygens (including phenoxy) is 1. The van der Waals surface area contributed by atoms with Crippen molar-refractivity contribution in [3.8, 4) is 5.75 Å². The topological polar surface area (TPSA) is 88.5 Å². The number of amides is 1. The maximum absolute atomic E-state index is 12.1. The normalized spacial score (nSPS) is 11.7. The summed E-state index contributed by atoms with van der Waals surface area (Å²) in [5.74, 6) is -0.975. The van der Waals surface area contributed by atoms with Crippen LogP contribution >= 0.6 is 11.5 Å². The molecule has 1 aromatic carbocycles. The quantitative estimate of drug-likeness (QED) is 0.886. The number of aromatic nitrogens is 1. The molecule has 1 aromatic heterocycles. The van der Waals surface area contributed by atoms with Crippen LogP contribution in [-0.4, -0.2) is 27.5 Å². The van der Waals surface area contributed by atoms with E-state index in [4.69, 9.17) is 9.84 Å². The van der Waals surface area contributed by atoms with Gasteiger partial charge in [-0.3, -0.25) is 4.79 Å². The zero-order chi connectivity index (χ0) is 15.4. The van der Waals surface area contributed by atoms with E-state index in [0.29, 0.717) is 11.4 Å². The van der Waals surface area contributed by atoms with Gasteiger partial charge in [-0.1, -0.05) is 18.2 Å². The lowest BCUT2D eigenvalue weighted by molar-refractivity contribution is -0.122. The molecular formula is C14H14N2O4S. The van der Waals surface area contributed by atoms with Crippen molar-refractivity contribution in [2.24, 2.45) is 0 Å². The maximum Gasteiger partial charge on any atom is 0.340 e. The van der Waals surface area contributed by atoms with Crippen molar-refractivity contribution in [1.29, 1.82) is 0 Å². The number of nitrogens with one attached hydrogen (secondary N) is 1. The first-order valence-corrected chi connectivity index (χ1v) is 6.98. The van der Waals surface area contributed by atoms with Gasteiger partial charge in [0.05, 0.1) is 5.69 Å². The van der Waals surface area contributed by atoms with Crippen molar-refractivity contribution >= 4 is 28.4 Å². The Kier molecular flexibility index (Phi) is 4.54. The molecule has 2 N–H and O–H groups in total. The summed E-state index contributed by atoms with van der Waals surface area (Å²) in [6, 6.07) is 8.92. The van der Waals surface area contributed by atoms with Crippen LogP contribution in [0.15, 0.2) is 30.3 Å². The van der Waals surface area contributed by atoms with Gasteiger partial charge in [-0.2, -0.15) is 4.37 Å². The molecular weight excluding hydrogens is 292 g/mol. The highest BCUT2D eigenvalue weighted by molar-refractivity contribution is 7.11. The molecule has 1 unspecified atom stereocenters. The van der Waals surface area contributed by atoms with E-state index < -0.39 is 18.0 Å². The zero-order valence-electron chi connectivity index (χ0n) is 11.5. The molecule has 7 heteroatoms. The average molecular weight is 306 g/mol. The van der Waals surface area contributed by atoms with Gasteiger partial charge in [0.2, 0.25) is 0 Å². The summed E-state index contributed by atoms with van der Waals surface area (Å²) in [6.07, 6.45) is -0.753. The van der Waals surface area contributed by atoms with Gasteiger partial charge in [-0.15, -0.1) is 0 Å². The summed E-state index contributed by atoms with van der Waals surface area (Å²) in [4.78, 5) is 23.2. The molecule has 0 aliphatic rings. The highest BCUT2D eigenvalue weighted by atomic mass is 32.1. The molecule has 0 spiro atoms. The average Bonchev–Trinajstić information content (AvgIpc) is 2.80. The number of rotatable bonds is 5. The number of para-hydroxylation sites is 1. The lowest BCUT2D eigenvalue weighted by atomic mass is 10.2. The number of nitrogens with zero attached hydrogens (tertiary/aromatic N) is 1. The number of hydrogen-bond donors (Lipinski definition) is 2. The standard InChI is InChI=1S/C14H14N2O4S/c1-8-11(14(18)19)13(21-16-8)15-12(17)9(2)20-10-6-4-3-5-7-10/h3-7,9H,1-2H3,(H,15,17)(H,18,19). The smallest absolute Gasteiger partial charge is 0.340 e. The lowest BCUT2D eigenvalue weighted by Crippen LogP contribution is -2.30. The molecule has 0 fully saturated rings. The van der Waals surface area contributed by atoms with E-state index in [1.807, 2.05) is 6.07 Å². The molecule has 0 saturated carbocycles. The van der Waals surface area contributed by atoms with Crippen molar-refractivity contribution in [1.82, 2.24) is 4.37 Å². The van der Waals surface area contributed by atoms with E-state index >= 15 is 0 Å². The fraction of sp³-hybridized carbons (Fsp3) is 0.214. The third-order valence-corrected chi connectivity index (χ3v) is 3.59. The fourth-order valence-corrected chi connectivity index (χ4v) is 2.47. The number of carbonyl (C=O) groups is 2. The lowest BCUT2D eigenvalue weighted by Gasteiger charge is -2.14. The predicted octanol–water partition coefficient (Wildman–Crippen LogP) is 2.56. The molecule has 1 amide bonds. The summed E-state index contributed by atoms with van der Waals surface area (Å²) >= 11 is 0.938. The van der Waals surface area contributed by atoms with E-state index in [9.17, 15) is 9.59 Å². The van der Waals surface area contributed by atoms with Crippen LogP contribution in [0.1, 0.15) is 23.0 Å². The third-order valence-electron chi connectivity index (χ3n) is 2.74. The number of carboxylic acids is 1. The Hall–Kier alpha value is -2.41. The van der Waals surface area contributed by atoms with Gasteiger partial charge in [0.25, 0.3) is 5.91 Å². The van der Waals surface area contributed by atoms with Crippen LogP contribution < -0.4 is 10.1 Å². The fourth-order valence-electron chi connectivity index (χ4n) is 1.68. The van der Waals surface area contributed by atoms with Crippen LogP contribution in [0.2, 0.25) is 0 Å². The van der Waals surface area contributed by atoms with E-state index in [-0.39, 0.29) is 10.6 Å². The van der Waals surface area contributed by atoms with Gasteiger partial charge in [-0.25, -0.2) is 4.79 Å². The minimum absolute atomic E-state index is 0.0141. The Morgan fingerprint density at radius 2 is 2.00 bits per heavy atom. The minimum atomic E-state index is -1.12. The van der Waals surface area contributed by atoms with Gasteiger partial charge in [0.15, 0.2) is 6.10 Å². The van der Waals surface area contributed by atoms with Crippen molar-refractivity contribution in [2.45, 2.75) is 20.0 Å². The van der Waals surface area contributed by atoms with Crippen molar-refractivity contribution in [2.75, 3.05) is 5.32 Å². The molecule has 2 rings (SSSR count). The number of carboxylic acid groups (broad SMARTS) is 1. The monoisotopic (exact) mass is 306 g/mol. The van der Waals surface area contributed by atoms with E-state index in [1.54, 1.807) is 38.1 Å². The summed E-state index contributed by atoms with van der Waals surface area (Å²) < 4.78 is 9.42. The Balaban J connectivity index is 2.06. The Bertz CT molecular complexity index is 654. The van der Waals surface area contributed by atoms with Gasteiger partial charge in [0, 0.05) is 0 Å². The molecule has 110 valence electrons. The molecule has 1 atom stereocenters. The number of anilines is 1. The molecule has 0 bridgehead atoms. The van der Waals surface area contributed by atoms with Crippen LogP contribution in [-0.2, 0) is 4.79 Å². The Morgan fingerprint density at radius 1 is 1.33 bits per heavy atom. The predicted molar refractivity (Wildman–Crippen MR) is 79.0 cm³/mol. The first-order valence-electron chi connectivity index (χ1n) is 6.21. The molecule has 1 heterocycles. The van der Waals surface area contributed by atoms with Crippen LogP contribution in [0.25, 0.3) is 0 Å². The SMILES string of the molecule is Cc1nsc(NC(=O)C(C)Oc2ccccc2)c1C(=O)O. The zero-order valence-corrected chi connectivity index (χ0v) is 12.3. The van der Waals surface area contributed by atoms with E-state index in [2.05, 4.69) is 9.69 Å². The molecule has 0 saturated heterocycles. The Labute approximate surface area is 125 Å². The summed E-state index contributed by atoms with van der Waals surface area (Å²) in [5.41, 5.74) is 0.389. The third kappa shape index (κ3) is 3.57. The van der Waals surface area contributed by atoms with Crippen LogP contribution in [0.4, 0.5) is 5.00 Å². The van der Waals surface area contributed by atoms with E-state index in [0.717, 1.165) is 11.5 Å². The molecule has 0 aliphatic heterocycles. The first-order chi connectivity index (χ1) is 9.99. The van der Waals surface area contributed by atoms with Crippen molar-refractivity contribution in [3.05, 3.63) is 41.6 Å². The summed E-state index contributed by atoms with van der Waals surface area (Å²) in [5, 5.41) is 11.9. The molecule has 0 radical (unpaired) electrons. The van der Waals surface area contributed by atoms with Crippen molar-refractivity contribution < 1.29 is 19.4 Å². The van der Waals surface area contributed by atoms with Crippen molar-refractivity contribution in [3.63, 3.8) is 0 Å². The highest BCUT2D eigenvalue weighted by Crippen LogP contribution is 2.24. The first kappa shape index (κ1) is 15.0. The largest absolute Gasteiger partial charge is 0.481 e. The molecule has 6 nitrogen and oxygen atoms in total. The molecule has 21 heavy (non-hydrogen) atoms. The highest BCUT2D eigenvalue weighted by Gasteiger charge is 2.22. The van der Waals surface area contributed by atoms with Gasteiger partial charge in [0.1, 0.15) is 16.3 Å². The number of hydrogen-bond acceptors (Lipinski definition) is 5. The number of carbonyl (C=O) groups excluding carboxylic acids is 1. The van der Waals surface area contributed by atoms with Gasteiger partial charge in [-0.05, 0) is 37.5 Å². The molecule has 0 aliphatic carbocycles. The second kappa shape index (κ2) is 6.36. The van der Waals surface area contributed by atoms with Crippen LogP contribution in [0.5, 0.6) is 5.75 Å². The van der Waals surface area contributed by atoms with E-state index in [1.165, 1.54) is 0 Å². The number of benzene rings is 1. The second-order valence-electron chi connectivity index (χ2n) is 4.34. The summed E-state index contributed by atoms with van der Waals surface area (Å²) in [7, 11) is 0. The summed E-state index contributed by atoms with van der Waals surface area (Å²) in [6.45, 7) is 3.18. The van der Waals surface area contributed by atoms with Gasteiger partial charge >= 0.3 is 5.97 Å².